The third-order valence-corrected chi connectivity index (χ3v) is 2.04. The molecular formula is C10H20O3. The van der Waals surface area contributed by atoms with Crippen molar-refractivity contribution in [3.63, 3.8) is 0 Å². The van der Waals surface area contributed by atoms with Crippen LogP contribution in [0.15, 0.2) is 0 Å². The lowest BCUT2D eigenvalue weighted by Gasteiger charge is -2.15. The number of carboxylic acid groups (broad SMARTS) is 1. The SMILES string of the molecule is CC(C)CC(CCC(C)O)C(=O)O. The summed E-state index contributed by atoms with van der Waals surface area (Å²) in [5, 5.41) is 17.9. The van der Waals surface area contributed by atoms with Crippen LogP contribution in [0.3, 0.4) is 0 Å². The summed E-state index contributed by atoms with van der Waals surface area (Å²) in [4.78, 5) is 10.8. The second kappa shape index (κ2) is 5.97. The first-order valence-electron chi connectivity index (χ1n) is 4.84. The molecule has 3 heteroatoms. The van der Waals surface area contributed by atoms with E-state index < -0.39 is 12.1 Å². The molecule has 0 radical (unpaired) electrons. The van der Waals surface area contributed by atoms with E-state index in [0.29, 0.717) is 25.2 Å². The van der Waals surface area contributed by atoms with Gasteiger partial charge in [0.2, 0.25) is 0 Å². The molecule has 0 aromatic heterocycles. The van der Waals surface area contributed by atoms with Gasteiger partial charge in [-0.2, -0.15) is 0 Å². The van der Waals surface area contributed by atoms with Gasteiger partial charge >= 0.3 is 5.97 Å². The second-order valence-corrected chi connectivity index (χ2v) is 4.09. The first-order valence-corrected chi connectivity index (χ1v) is 4.84. The van der Waals surface area contributed by atoms with Crippen molar-refractivity contribution in [2.45, 2.75) is 46.1 Å². The first-order chi connectivity index (χ1) is 5.93. The fraction of sp³-hybridized carbons (Fsp3) is 0.900. The van der Waals surface area contributed by atoms with Gasteiger partial charge in [0, 0.05) is 0 Å². The Morgan fingerprint density at radius 1 is 1.23 bits per heavy atom. The Kier molecular flexibility index (Phi) is 5.71. The number of hydrogen-bond donors (Lipinski definition) is 2. The number of aliphatic hydroxyl groups excluding tert-OH is 1. The zero-order valence-corrected chi connectivity index (χ0v) is 8.66. The highest BCUT2D eigenvalue weighted by Crippen LogP contribution is 2.18. The van der Waals surface area contributed by atoms with Gasteiger partial charge in [-0.05, 0) is 32.1 Å². The summed E-state index contributed by atoms with van der Waals surface area (Å²) in [6, 6.07) is 0. The maximum absolute atomic E-state index is 10.8. The molecule has 0 aliphatic rings. The summed E-state index contributed by atoms with van der Waals surface area (Å²) < 4.78 is 0. The van der Waals surface area contributed by atoms with Gasteiger partial charge in [0.15, 0.2) is 0 Å². The molecule has 0 aromatic rings. The van der Waals surface area contributed by atoms with Crippen molar-refractivity contribution in [1.82, 2.24) is 0 Å². The number of aliphatic hydroxyl groups is 1. The van der Waals surface area contributed by atoms with Gasteiger partial charge in [0.25, 0.3) is 0 Å². The molecule has 0 bridgehead atoms. The summed E-state index contributed by atoms with van der Waals surface area (Å²) in [7, 11) is 0. The molecule has 2 N–H and O–H groups in total. The first kappa shape index (κ1) is 12.4. The zero-order chi connectivity index (χ0) is 10.4. The average molecular weight is 188 g/mol. The standard InChI is InChI=1S/C10H20O3/c1-7(2)6-9(10(12)13)5-4-8(3)11/h7-9,11H,4-6H2,1-3H3,(H,12,13). The van der Waals surface area contributed by atoms with Crippen LogP contribution in [0.1, 0.15) is 40.0 Å². The molecule has 0 aliphatic carbocycles. The van der Waals surface area contributed by atoms with Gasteiger partial charge in [-0.15, -0.1) is 0 Å². The van der Waals surface area contributed by atoms with Crippen molar-refractivity contribution in [3.8, 4) is 0 Å². The van der Waals surface area contributed by atoms with Gasteiger partial charge in [0.1, 0.15) is 0 Å². The molecule has 0 aromatic carbocycles. The number of carboxylic acids is 1. The molecule has 2 unspecified atom stereocenters. The molecular weight excluding hydrogens is 168 g/mol. The molecule has 3 nitrogen and oxygen atoms in total. The lowest BCUT2D eigenvalue weighted by Crippen LogP contribution is -2.17. The fourth-order valence-electron chi connectivity index (χ4n) is 1.35. The Bertz CT molecular complexity index is 152. The lowest BCUT2D eigenvalue weighted by atomic mass is 9.92. The maximum Gasteiger partial charge on any atom is 0.306 e. The molecule has 0 saturated heterocycles. The topological polar surface area (TPSA) is 57.5 Å². The summed E-state index contributed by atoms with van der Waals surface area (Å²) in [5.41, 5.74) is 0. The highest BCUT2D eigenvalue weighted by molar-refractivity contribution is 5.69. The Hall–Kier alpha value is -0.570. The van der Waals surface area contributed by atoms with Crippen LogP contribution in [0, 0.1) is 11.8 Å². The Morgan fingerprint density at radius 2 is 1.77 bits per heavy atom. The normalized spacial score (nSPS) is 15.8. The molecule has 0 heterocycles. The van der Waals surface area contributed by atoms with E-state index in [0.717, 1.165) is 0 Å². The lowest BCUT2D eigenvalue weighted by molar-refractivity contribution is -0.142. The van der Waals surface area contributed by atoms with Crippen LogP contribution in [0.4, 0.5) is 0 Å². The minimum Gasteiger partial charge on any atom is -0.481 e. The molecule has 0 spiro atoms. The highest BCUT2D eigenvalue weighted by Gasteiger charge is 2.18. The van der Waals surface area contributed by atoms with Crippen molar-refractivity contribution in [2.24, 2.45) is 11.8 Å². The van der Waals surface area contributed by atoms with Crippen LogP contribution in [-0.2, 0) is 4.79 Å². The van der Waals surface area contributed by atoms with Crippen LogP contribution in [0.25, 0.3) is 0 Å². The van der Waals surface area contributed by atoms with Gasteiger partial charge in [-0.1, -0.05) is 13.8 Å². The summed E-state index contributed by atoms with van der Waals surface area (Å²) in [6.45, 7) is 5.71. The van der Waals surface area contributed by atoms with Crippen molar-refractivity contribution < 1.29 is 15.0 Å². The quantitative estimate of drug-likeness (QED) is 0.669. The molecule has 78 valence electrons. The van der Waals surface area contributed by atoms with Gasteiger partial charge in [-0.3, -0.25) is 4.79 Å². The third-order valence-electron chi connectivity index (χ3n) is 2.04. The molecule has 13 heavy (non-hydrogen) atoms. The van der Waals surface area contributed by atoms with E-state index in [4.69, 9.17) is 10.2 Å². The Morgan fingerprint density at radius 3 is 2.08 bits per heavy atom. The molecule has 0 saturated carbocycles. The van der Waals surface area contributed by atoms with Crippen LogP contribution in [-0.4, -0.2) is 22.3 Å². The summed E-state index contributed by atoms with van der Waals surface area (Å²) in [5.74, 6) is -0.640. The van der Waals surface area contributed by atoms with Crippen LogP contribution >= 0.6 is 0 Å². The van der Waals surface area contributed by atoms with E-state index >= 15 is 0 Å². The van der Waals surface area contributed by atoms with E-state index in [-0.39, 0.29) is 5.92 Å². The van der Waals surface area contributed by atoms with Crippen LogP contribution in [0.2, 0.25) is 0 Å². The largest absolute Gasteiger partial charge is 0.481 e. The number of rotatable bonds is 6. The number of aliphatic carboxylic acids is 1. The maximum atomic E-state index is 10.8. The molecule has 0 aliphatic heterocycles. The van der Waals surface area contributed by atoms with Gasteiger partial charge in [-0.25, -0.2) is 0 Å². The second-order valence-electron chi connectivity index (χ2n) is 4.09. The van der Waals surface area contributed by atoms with Gasteiger partial charge in [0.05, 0.1) is 12.0 Å². The Balaban J connectivity index is 3.88. The average Bonchev–Trinajstić information content (AvgIpc) is 1.96. The zero-order valence-electron chi connectivity index (χ0n) is 8.66. The van der Waals surface area contributed by atoms with E-state index in [1.807, 2.05) is 13.8 Å². The monoisotopic (exact) mass is 188 g/mol. The predicted octanol–water partition coefficient (Wildman–Crippen LogP) is 1.89. The van der Waals surface area contributed by atoms with E-state index in [1.165, 1.54) is 0 Å². The number of carbonyl (C=O) groups is 1. The van der Waals surface area contributed by atoms with Crippen molar-refractivity contribution in [2.75, 3.05) is 0 Å². The Labute approximate surface area is 79.8 Å². The summed E-state index contributed by atoms with van der Waals surface area (Å²) in [6.07, 6.45) is 1.45. The van der Waals surface area contributed by atoms with Crippen molar-refractivity contribution in [1.29, 1.82) is 0 Å². The minimum absolute atomic E-state index is 0.297. The molecule has 0 fully saturated rings. The van der Waals surface area contributed by atoms with Gasteiger partial charge < -0.3 is 10.2 Å². The highest BCUT2D eigenvalue weighted by atomic mass is 16.4. The smallest absolute Gasteiger partial charge is 0.306 e. The van der Waals surface area contributed by atoms with Crippen molar-refractivity contribution in [3.05, 3.63) is 0 Å². The predicted molar refractivity (Wildman–Crippen MR) is 51.5 cm³/mol. The number of hydrogen-bond acceptors (Lipinski definition) is 2. The van der Waals surface area contributed by atoms with Crippen LogP contribution < -0.4 is 0 Å². The van der Waals surface area contributed by atoms with E-state index in [1.54, 1.807) is 6.92 Å². The summed E-state index contributed by atoms with van der Waals surface area (Å²) >= 11 is 0. The molecule has 0 rings (SSSR count). The third kappa shape index (κ3) is 6.58. The molecule has 0 amide bonds. The fourth-order valence-corrected chi connectivity index (χ4v) is 1.35. The van der Waals surface area contributed by atoms with Crippen LogP contribution in [0.5, 0.6) is 0 Å². The minimum atomic E-state index is -0.741. The van der Waals surface area contributed by atoms with E-state index in [9.17, 15) is 4.79 Å². The van der Waals surface area contributed by atoms with E-state index in [2.05, 4.69) is 0 Å². The molecule has 2 atom stereocenters. The van der Waals surface area contributed by atoms with Crippen molar-refractivity contribution >= 4 is 5.97 Å².